The van der Waals surface area contributed by atoms with Crippen molar-refractivity contribution in [3.63, 3.8) is 0 Å². The summed E-state index contributed by atoms with van der Waals surface area (Å²) in [7, 11) is 0. The van der Waals surface area contributed by atoms with Gasteiger partial charge in [0.25, 0.3) is 0 Å². The van der Waals surface area contributed by atoms with Crippen molar-refractivity contribution in [3.05, 3.63) is 28.5 Å². The number of ether oxygens (including phenoxy) is 1. The molecule has 0 atom stereocenters. The maximum Gasteiger partial charge on any atom is 0.341 e. The summed E-state index contributed by atoms with van der Waals surface area (Å²) < 4.78 is 4.93. The zero-order valence-corrected chi connectivity index (χ0v) is 8.97. The Hall–Kier alpha value is -1.09. The van der Waals surface area contributed by atoms with Gasteiger partial charge in [-0.2, -0.15) is 0 Å². The van der Waals surface area contributed by atoms with E-state index in [2.05, 4.69) is 4.98 Å². The highest BCUT2D eigenvalue weighted by molar-refractivity contribution is 6.33. The Labute approximate surface area is 88.1 Å². The van der Waals surface area contributed by atoms with E-state index in [4.69, 9.17) is 16.3 Å². The van der Waals surface area contributed by atoms with Crippen LogP contribution in [0.2, 0.25) is 5.02 Å². The molecule has 14 heavy (non-hydrogen) atoms. The number of carbonyl (C=O) groups is 1. The monoisotopic (exact) mass is 213 g/mol. The van der Waals surface area contributed by atoms with E-state index in [0.29, 0.717) is 17.2 Å². The molecular weight excluding hydrogens is 202 g/mol. The van der Waals surface area contributed by atoms with Crippen molar-refractivity contribution in [1.82, 2.24) is 4.98 Å². The smallest absolute Gasteiger partial charge is 0.341 e. The van der Waals surface area contributed by atoms with Crippen molar-refractivity contribution < 1.29 is 9.53 Å². The minimum absolute atomic E-state index is 0.325. The van der Waals surface area contributed by atoms with Gasteiger partial charge in [0.1, 0.15) is 0 Å². The highest BCUT2D eigenvalue weighted by atomic mass is 35.5. The van der Waals surface area contributed by atoms with Crippen molar-refractivity contribution in [1.29, 1.82) is 0 Å². The van der Waals surface area contributed by atoms with Gasteiger partial charge in [0.05, 0.1) is 17.2 Å². The molecule has 1 rings (SSSR count). The summed E-state index contributed by atoms with van der Waals surface area (Å²) >= 11 is 5.86. The Balaban J connectivity index is 2.80. The van der Waals surface area contributed by atoms with Gasteiger partial charge >= 0.3 is 5.97 Å². The van der Waals surface area contributed by atoms with Crippen LogP contribution in [0, 0.1) is 6.92 Å². The van der Waals surface area contributed by atoms with E-state index in [9.17, 15) is 4.79 Å². The third-order valence-electron chi connectivity index (χ3n) is 1.65. The molecule has 0 amide bonds. The number of pyridine rings is 1. The van der Waals surface area contributed by atoms with E-state index in [1.807, 2.05) is 13.8 Å². The zero-order chi connectivity index (χ0) is 10.6. The van der Waals surface area contributed by atoms with Crippen LogP contribution in [0.25, 0.3) is 0 Å². The highest BCUT2D eigenvalue weighted by Gasteiger charge is 2.11. The molecule has 76 valence electrons. The van der Waals surface area contributed by atoms with E-state index in [1.54, 1.807) is 6.07 Å². The molecule has 0 saturated carbocycles. The molecule has 1 aromatic heterocycles. The van der Waals surface area contributed by atoms with Crippen LogP contribution in [0.3, 0.4) is 0 Å². The summed E-state index contributed by atoms with van der Waals surface area (Å²) in [5.41, 5.74) is 1.10. The Morgan fingerprint density at radius 2 is 2.36 bits per heavy atom. The van der Waals surface area contributed by atoms with Crippen LogP contribution in [0.4, 0.5) is 0 Å². The number of esters is 1. The van der Waals surface area contributed by atoms with Gasteiger partial charge in [-0.1, -0.05) is 18.5 Å². The fraction of sp³-hybridized carbons (Fsp3) is 0.400. The Morgan fingerprint density at radius 1 is 1.64 bits per heavy atom. The molecule has 3 nitrogen and oxygen atoms in total. The van der Waals surface area contributed by atoms with E-state index in [1.165, 1.54) is 6.20 Å². The Bertz CT molecular complexity index is 339. The van der Waals surface area contributed by atoms with Gasteiger partial charge in [-0.05, 0) is 19.4 Å². The first-order chi connectivity index (χ1) is 6.65. The summed E-state index contributed by atoms with van der Waals surface area (Å²) in [6, 6.07) is 1.64. The second kappa shape index (κ2) is 4.96. The number of halogens is 1. The van der Waals surface area contributed by atoms with Crippen LogP contribution in [0.15, 0.2) is 12.3 Å². The predicted octanol–water partition coefficient (Wildman–Crippen LogP) is 2.61. The second-order valence-electron chi connectivity index (χ2n) is 2.94. The third-order valence-corrected chi connectivity index (χ3v) is 1.96. The van der Waals surface area contributed by atoms with E-state index < -0.39 is 5.97 Å². The fourth-order valence-corrected chi connectivity index (χ4v) is 1.23. The first-order valence-corrected chi connectivity index (χ1v) is 4.82. The van der Waals surface area contributed by atoms with Crippen LogP contribution >= 0.6 is 11.6 Å². The van der Waals surface area contributed by atoms with Gasteiger partial charge in [0.2, 0.25) is 0 Å². The highest BCUT2D eigenvalue weighted by Crippen LogP contribution is 2.16. The number of aromatic nitrogens is 1. The molecule has 0 radical (unpaired) electrons. The third kappa shape index (κ3) is 2.70. The lowest BCUT2D eigenvalue weighted by atomic mass is 10.2. The lowest BCUT2D eigenvalue weighted by Crippen LogP contribution is -2.07. The standard InChI is InChI=1S/C10H12ClNO2/c1-3-4-14-10(13)8-6-12-7(2)5-9(8)11/h5-6H,3-4H2,1-2H3. The van der Waals surface area contributed by atoms with Gasteiger partial charge in [-0.3, -0.25) is 4.98 Å². The number of aryl methyl sites for hydroxylation is 1. The first-order valence-electron chi connectivity index (χ1n) is 4.44. The second-order valence-corrected chi connectivity index (χ2v) is 3.35. The molecule has 0 N–H and O–H groups in total. The molecule has 0 bridgehead atoms. The number of carbonyl (C=O) groups excluding carboxylic acids is 1. The molecule has 0 saturated heterocycles. The number of hydrogen-bond donors (Lipinski definition) is 0. The normalized spacial score (nSPS) is 9.93. The maximum absolute atomic E-state index is 11.4. The van der Waals surface area contributed by atoms with Crippen LogP contribution < -0.4 is 0 Å². The van der Waals surface area contributed by atoms with Crippen LogP contribution in [0.5, 0.6) is 0 Å². The number of rotatable bonds is 3. The maximum atomic E-state index is 11.4. The Morgan fingerprint density at radius 3 is 2.93 bits per heavy atom. The Kier molecular flexibility index (Phi) is 3.89. The average molecular weight is 214 g/mol. The summed E-state index contributed by atoms with van der Waals surface area (Å²) in [5, 5.41) is 0.388. The number of nitrogens with zero attached hydrogens (tertiary/aromatic N) is 1. The van der Waals surface area contributed by atoms with Crippen LogP contribution in [-0.2, 0) is 4.74 Å². The van der Waals surface area contributed by atoms with E-state index in [-0.39, 0.29) is 0 Å². The first kappa shape index (κ1) is 11.0. The quantitative estimate of drug-likeness (QED) is 0.725. The SMILES string of the molecule is CCCOC(=O)c1cnc(C)cc1Cl. The molecular formula is C10H12ClNO2. The van der Waals surface area contributed by atoms with Gasteiger partial charge in [-0.15, -0.1) is 0 Å². The molecule has 0 aromatic carbocycles. The zero-order valence-electron chi connectivity index (χ0n) is 8.21. The average Bonchev–Trinajstić information content (AvgIpc) is 2.14. The minimum Gasteiger partial charge on any atom is -0.462 e. The molecule has 4 heteroatoms. The van der Waals surface area contributed by atoms with Gasteiger partial charge in [0, 0.05) is 11.9 Å². The summed E-state index contributed by atoms with van der Waals surface area (Å²) in [5.74, 6) is -0.413. The van der Waals surface area contributed by atoms with Crippen molar-refractivity contribution in [2.45, 2.75) is 20.3 Å². The summed E-state index contributed by atoms with van der Waals surface area (Å²) in [4.78, 5) is 15.4. The topological polar surface area (TPSA) is 39.2 Å². The molecule has 1 aromatic rings. The lowest BCUT2D eigenvalue weighted by molar-refractivity contribution is 0.0505. The molecule has 0 aliphatic rings. The molecule has 0 unspecified atom stereocenters. The summed E-state index contributed by atoms with van der Waals surface area (Å²) in [6.07, 6.45) is 2.23. The molecule has 0 fully saturated rings. The van der Waals surface area contributed by atoms with Gasteiger partial charge < -0.3 is 4.74 Å². The molecule has 1 heterocycles. The van der Waals surface area contributed by atoms with Gasteiger partial charge in [-0.25, -0.2) is 4.79 Å². The molecule has 0 aliphatic heterocycles. The van der Waals surface area contributed by atoms with E-state index >= 15 is 0 Å². The van der Waals surface area contributed by atoms with Crippen molar-refractivity contribution in [2.75, 3.05) is 6.61 Å². The predicted molar refractivity (Wildman–Crippen MR) is 54.6 cm³/mol. The number of hydrogen-bond acceptors (Lipinski definition) is 3. The fourth-order valence-electron chi connectivity index (χ4n) is 0.949. The molecule has 0 spiro atoms. The largest absolute Gasteiger partial charge is 0.462 e. The van der Waals surface area contributed by atoms with Crippen molar-refractivity contribution in [2.24, 2.45) is 0 Å². The van der Waals surface area contributed by atoms with E-state index in [0.717, 1.165) is 12.1 Å². The van der Waals surface area contributed by atoms with Gasteiger partial charge in [0.15, 0.2) is 0 Å². The molecule has 0 aliphatic carbocycles. The van der Waals surface area contributed by atoms with Crippen LogP contribution in [-0.4, -0.2) is 17.6 Å². The summed E-state index contributed by atoms with van der Waals surface area (Å²) in [6.45, 7) is 4.15. The van der Waals surface area contributed by atoms with Crippen molar-refractivity contribution in [3.8, 4) is 0 Å². The minimum atomic E-state index is -0.413. The van der Waals surface area contributed by atoms with Crippen LogP contribution in [0.1, 0.15) is 29.4 Å². The lowest BCUT2D eigenvalue weighted by Gasteiger charge is -2.04. The van der Waals surface area contributed by atoms with Crippen molar-refractivity contribution >= 4 is 17.6 Å².